The van der Waals surface area contributed by atoms with Crippen LogP contribution in [-0.2, 0) is 36.1 Å². The van der Waals surface area contributed by atoms with E-state index in [0.717, 1.165) is 41.5 Å². The van der Waals surface area contributed by atoms with E-state index < -0.39 is 30.1 Å². The molecule has 4 aromatic rings. The minimum atomic E-state index is -1.32. The van der Waals surface area contributed by atoms with Crippen molar-refractivity contribution in [3.8, 4) is 0 Å². The van der Waals surface area contributed by atoms with Gasteiger partial charge in [-0.2, -0.15) is 0 Å². The van der Waals surface area contributed by atoms with Crippen LogP contribution in [-0.4, -0.2) is 66.6 Å². The zero-order valence-corrected chi connectivity index (χ0v) is 30.3. The van der Waals surface area contributed by atoms with Crippen molar-refractivity contribution in [2.75, 3.05) is 13.2 Å². The van der Waals surface area contributed by atoms with E-state index in [1.165, 1.54) is 0 Å². The zero-order chi connectivity index (χ0) is 37.8. The quantitative estimate of drug-likeness (QED) is 0.122. The number of carbonyl (C=O) groups excluding carboxylic acids is 3. The average Bonchev–Trinajstić information content (AvgIpc) is 3.90. The largest absolute Gasteiger partial charge is 0.456 e. The molecule has 10 heteroatoms. The molecule has 2 aliphatic heterocycles. The summed E-state index contributed by atoms with van der Waals surface area (Å²) in [7, 11) is 0. The van der Waals surface area contributed by atoms with Crippen LogP contribution < -0.4 is 10.6 Å². The second-order valence-electron chi connectivity index (χ2n) is 14.5. The lowest BCUT2D eigenvalue weighted by Gasteiger charge is -2.31. The minimum Gasteiger partial charge on any atom is -0.456 e. The minimum absolute atomic E-state index is 0.0964. The van der Waals surface area contributed by atoms with Gasteiger partial charge in [-0.25, -0.2) is 4.79 Å². The molecule has 6 unspecified atom stereocenters. The molecule has 6 atom stereocenters. The van der Waals surface area contributed by atoms with E-state index in [4.69, 9.17) is 24.1 Å². The third-order valence-electron chi connectivity index (χ3n) is 10.7. The van der Waals surface area contributed by atoms with E-state index in [0.29, 0.717) is 34.8 Å². The standard InChI is InChI=1S/C45H44N2O8/c48-23-22-46-42(49)33-9-7-8-31(24-33)28-47-43(50)34-26-39(53-44(51)32-19-16-29(17-20-32)14-15-30-18-21-37-38(25-30)52-37)41-40(27-34)54-45(55-41,35-10-3-1-4-11-35)36-12-5-2-6-13-36/h1-17,19-20,24,27,30,37-41,48H,18,21-23,25-26,28H2,(H,46,49)(H,47,50). The molecule has 55 heavy (non-hydrogen) atoms. The van der Waals surface area contributed by atoms with Crippen molar-refractivity contribution in [1.29, 1.82) is 0 Å². The summed E-state index contributed by atoms with van der Waals surface area (Å²) in [5, 5.41) is 14.7. The summed E-state index contributed by atoms with van der Waals surface area (Å²) in [5.74, 6) is -2.02. The highest BCUT2D eigenvalue weighted by molar-refractivity contribution is 5.95. The van der Waals surface area contributed by atoms with Crippen LogP contribution in [0.5, 0.6) is 0 Å². The number of hydrogen-bond donors (Lipinski definition) is 3. The maximum Gasteiger partial charge on any atom is 0.338 e. The van der Waals surface area contributed by atoms with Crippen LogP contribution in [0.25, 0.3) is 6.08 Å². The van der Waals surface area contributed by atoms with Crippen molar-refractivity contribution in [1.82, 2.24) is 10.6 Å². The van der Waals surface area contributed by atoms with Gasteiger partial charge >= 0.3 is 5.97 Å². The Balaban J connectivity index is 1.02. The van der Waals surface area contributed by atoms with Crippen molar-refractivity contribution >= 4 is 23.9 Å². The smallest absolute Gasteiger partial charge is 0.338 e. The van der Waals surface area contributed by atoms with E-state index in [9.17, 15) is 14.4 Å². The summed E-state index contributed by atoms with van der Waals surface area (Å²) in [6, 6.07) is 33.5. The maximum atomic E-state index is 13.8. The fraction of sp³-hybridized carbons (Fsp3) is 0.311. The van der Waals surface area contributed by atoms with Gasteiger partial charge < -0.3 is 34.7 Å². The van der Waals surface area contributed by atoms with Gasteiger partial charge in [0, 0.05) is 41.8 Å². The summed E-state index contributed by atoms with van der Waals surface area (Å²) >= 11 is 0. The highest BCUT2D eigenvalue weighted by atomic mass is 16.8. The monoisotopic (exact) mass is 740 g/mol. The molecule has 3 N–H and O–H groups in total. The van der Waals surface area contributed by atoms with Crippen molar-refractivity contribution in [2.45, 2.75) is 68.5 Å². The van der Waals surface area contributed by atoms with Crippen molar-refractivity contribution in [2.24, 2.45) is 5.92 Å². The predicted octanol–water partition coefficient (Wildman–Crippen LogP) is 5.85. The van der Waals surface area contributed by atoms with Gasteiger partial charge in [0.1, 0.15) is 18.3 Å². The lowest BCUT2D eigenvalue weighted by atomic mass is 9.89. The lowest BCUT2D eigenvalue weighted by Crippen LogP contribution is -2.43. The van der Waals surface area contributed by atoms with Crippen molar-refractivity contribution in [3.05, 3.63) is 160 Å². The Labute approximate surface area is 320 Å². The number of aliphatic hydroxyl groups excluding tert-OH is 1. The highest BCUT2D eigenvalue weighted by Gasteiger charge is 2.55. The average molecular weight is 741 g/mol. The van der Waals surface area contributed by atoms with Crippen LogP contribution in [0.15, 0.2) is 127 Å². The van der Waals surface area contributed by atoms with Gasteiger partial charge in [-0.1, -0.05) is 97.1 Å². The highest BCUT2D eigenvalue weighted by Crippen LogP contribution is 2.47. The van der Waals surface area contributed by atoms with Gasteiger partial charge in [-0.05, 0) is 66.6 Å². The fourth-order valence-corrected chi connectivity index (χ4v) is 7.77. The zero-order valence-electron chi connectivity index (χ0n) is 30.3. The normalized spacial score (nSPS) is 24.9. The van der Waals surface area contributed by atoms with E-state index in [2.05, 4.69) is 22.8 Å². The number of amides is 2. The maximum absolute atomic E-state index is 13.8. The van der Waals surface area contributed by atoms with E-state index in [-0.39, 0.29) is 37.9 Å². The molecule has 0 bridgehead atoms. The molecule has 3 fully saturated rings. The van der Waals surface area contributed by atoms with Crippen molar-refractivity contribution in [3.63, 3.8) is 0 Å². The number of epoxide rings is 1. The van der Waals surface area contributed by atoms with Crippen LogP contribution in [0.3, 0.4) is 0 Å². The summed E-state index contributed by atoms with van der Waals surface area (Å²) < 4.78 is 25.6. The first-order valence-electron chi connectivity index (χ1n) is 19.0. The van der Waals surface area contributed by atoms with Gasteiger partial charge in [-0.3, -0.25) is 9.59 Å². The molecule has 2 amide bonds. The molecule has 2 heterocycles. The number of ether oxygens (including phenoxy) is 4. The Morgan fingerprint density at radius 2 is 1.55 bits per heavy atom. The molecule has 1 saturated carbocycles. The van der Waals surface area contributed by atoms with Crippen LogP contribution in [0.2, 0.25) is 0 Å². The second kappa shape index (κ2) is 16.1. The first kappa shape index (κ1) is 36.6. The van der Waals surface area contributed by atoms with Crippen molar-refractivity contribution < 1.29 is 38.4 Å². The molecule has 4 aliphatic rings. The number of benzene rings is 4. The SMILES string of the molecule is O=C(NCc1cccc(C(=O)NCCO)c1)C1=CC2OC(c3ccccc3)(c3ccccc3)OC2C(OC(=O)c2ccc(C=CC3CCC4OC4C3)cc2)C1. The Morgan fingerprint density at radius 1 is 0.800 bits per heavy atom. The van der Waals surface area contributed by atoms with Crippen LogP contribution in [0.4, 0.5) is 0 Å². The van der Waals surface area contributed by atoms with Gasteiger partial charge in [0.15, 0.2) is 0 Å². The number of esters is 1. The summed E-state index contributed by atoms with van der Waals surface area (Å²) in [6.07, 6.45) is 8.07. The number of aliphatic hydroxyl groups is 1. The van der Waals surface area contributed by atoms with Crippen LogP contribution in [0.1, 0.15) is 68.7 Å². The molecule has 2 saturated heterocycles. The van der Waals surface area contributed by atoms with E-state index in [1.807, 2.05) is 78.9 Å². The molecule has 0 radical (unpaired) electrons. The Morgan fingerprint density at radius 3 is 2.25 bits per heavy atom. The molecular formula is C45H44N2O8. The molecule has 10 nitrogen and oxygen atoms in total. The number of fused-ring (bicyclic) bond motifs is 2. The fourth-order valence-electron chi connectivity index (χ4n) is 7.77. The van der Waals surface area contributed by atoms with Crippen LogP contribution in [0, 0.1) is 5.92 Å². The summed E-state index contributed by atoms with van der Waals surface area (Å²) in [4.78, 5) is 40.1. The van der Waals surface area contributed by atoms with E-state index >= 15 is 0 Å². The van der Waals surface area contributed by atoms with Crippen LogP contribution >= 0.6 is 0 Å². The van der Waals surface area contributed by atoms with Gasteiger partial charge in [0.25, 0.3) is 5.91 Å². The number of rotatable bonds is 12. The van der Waals surface area contributed by atoms with Gasteiger partial charge in [0.05, 0.1) is 24.4 Å². The molecule has 8 rings (SSSR count). The number of hydrogen-bond acceptors (Lipinski definition) is 8. The van der Waals surface area contributed by atoms with Gasteiger partial charge in [-0.15, -0.1) is 0 Å². The van der Waals surface area contributed by atoms with Gasteiger partial charge in [0.2, 0.25) is 11.7 Å². The lowest BCUT2D eigenvalue weighted by molar-refractivity contribution is -0.157. The first-order chi connectivity index (χ1) is 26.9. The molecule has 0 aromatic heterocycles. The topological polar surface area (TPSA) is 136 Å². The first-order valence-corrected chi connectivity index (χ1v) is 19.0. The Kier molecular flexibility index (Phi) is 10.7. The summed E-state index contributed by atoms with van der Waals surface area (Å²) in [6.45, 7) is 0.133. The molecule has 282 valence electrons. The Hall–Kier alpha value is -5.39. The Bertz CT molecular complexity index is 2030. The molecule has 2 aliphatic carbocycles. The molecule has 0 spiro atoms. The number of allylic oxidation sites excluding steroid dienone is 1. The molecular weight excluding hydrogens is 697 g/mol. The number of nitrogens with one attached hydrogen (secondary N) is 2. The summed E-state index contributed by atoms with van der Waals surface area (Å²) in [5.41, 5.74) is 4.45. The third kappa shape index (κ3) is 8.18. The predicted molar refractivity (Wildman–Crippen MR) is 204 cm³/mol. The number of carbonyl (C=O) groups is 3. The third-order valence-corrected chi connectivity index (χ3v) is 10.7. The molecule has 4 aromatic carbocycles. The second-order valence-corrected chi connectivity index (χ2v) is 14.5. The van der Waals surface area contributed by atoms with E-state index in [1.54, 1.807) is 36.4 Å².